The van der Waals surface area contributed by atoms with Gasteiger partial charge < -0.3 is 15.4 Å². The van der Waals surface area contributed by atoms with Gasteiger partial charge in [-0.15, -0.1) is 0 Å². The number of nitrogens with zero attached hydrogens (tertiary/aromatic N) is 1. The van der Waals surface area contributed by atoms with Crippen LogP contribution in [-0.2, 0) is 9.53 Å². The van der Waals surface area contributed by atoms with Crippen LogP contribution in [0.25, 0.3) is 0 Å². The third-order valence-corrected chi connectivity index (χ3v) is 4.37. The van der Waals surface area contributed by atoms with E-state index in [4.69, 9.17) is 10.5 Å². The molecule has 0 aromatic rings. The summed E-state index contributed by atoms with van der Waals surface area (Å²) in [7, 11) is 0. The first-order chi connectivity index (χ1) is 8.49. The van der Waals surface area contributed by atoms with E-state index in [1.807, 2.05) is 18.7 Å². The van der Waals surface area contributed by atoms with Gasteiger partial charge in [-0.05, 0) is 26.7 Å². The van der Waals surface area contributed by atoms with E-state index in [1.165, 1.54) is 6.42 Å². The van der Waals surface area contributed by atoms with E-state index in [2.05, 4.69) is 0 Å². The third-order valence-electron chi connectivity index (χ3n) is 4.37. The van der Waals surface area contributed by atoms with Crippen molar-refractivity contribution in [3.63, 3.8) is 0 Å². The molecule has 1 amide bonds. The van der Waals surface area contributed by atoms with Gasteiger partial charge in [0.05, 0.1) is 17.6 Å². The van der Waals surface area contributed by atoms with Gasteiger partial charge in [0.2, 0.25) is 5.91 Å². The zero-order chi connectivity index (χ0) is 13.2. The van der Waals surface area contributed by atoms with E-state index < -0.39 is 0 Å². The van der Waals surface area contributed by atoms with Gasteiger partial charge in [0.25, 0.3) is 0 Å². The summed E-state index contributed by atoms with van der Waals surface area (Å²) in [4.78, 5) is 14.8. The fraction of sp³-hybridized carbons (Fsp3) is 0.929. The molecule has 0 bridgehead atoms. The van der Waals surface area contributed by atoms with E-state index in [9.17, 15) is 4.79 Å². The highest BCUT2D eigenvalue weighted by Gasteiger charge is 2.43. The zero-order valence-corrected chi connectivity index (χ0v) is 11.7. The highest BCUT2D eigenvalue weighted by molar-refractivity contribution is 5.83. The molecule has 0 unspecified atom stereocenters. The molecule has 1 saturated carbocycles. The predicted molar refractivity (Wildman–Crippen MR) is 71.2 cm³/mol. The lowest BCUT2D eigenvalue weighted by Gasteiger charge is -2.44. The van der Waals surface area contributed by atoms with Gasteiger partial charge in [0, 0.05) is 19.6 Å². The van der Waals surface area contributed by atoms with Gasteiger partial charge in [0.15, 0.2) is 0 Å². The molecular weight excluding hydrogens is 228 g/mol. The summed E-state index contributed by atoms with van der Waals surface area (Å²) in [5, 5.41) is 0. The second-order valence-corrected chi connectivity index (χ2v) is 6.38. The molecule has 0 spiro atoms. The Bertz CT molecular complexity index is 309. The lowest BCUT2D eigenvalue weighted by Crippen LogP contribution is -2.56. The Hall–Kier alpha value is -0.610. The van der Waals surface area contributed by atoms with Crippen LogP contribution in [0.5, 0.6) is 0 Å². The maximum Gasteiger partial charge on any atom is 0.230 e. The number of hydrogen-bond donors (Lipinski definition) is 1. The number of morpholine rings is 1. The first-order valence-electron chi connectivity index (χ1n) is 7.13. The molecule has 1 aliphatic carbocycles. The lowest BCUT2D eigenvalue weighted by molar-refractivity contribution is -0.157. The minimum atomic E-state index is -0.286. The highest BCUT2D eigenvalue weighted by Crippen LogP contribution is 2.37. The summed E-state index contributed by atoms with van der Waals surface area (Å²) in [6, 6.07) is 0. The largest absolute Gasteiger partial charge is 0.372 e. The Morgan fingerprint density at radius 3 is 2.50 bits per heavy atom. The molecule has 1 heterocycles. The molecule has 4 nitrogen and oxygen atoms in total. The summed E-state index contributed by atoms with van der Waals surface area (Å²) in [5.74, 6) is 0.265. The van der Waals surface area contributed by atoms with Crippen LogP contribution in [0.2, 0.25) is 0 Å². The maximum absolute atomic E-state index is 12.8. The number of hydrogen-bond acceptors (Lipinski definition) is 3. The first kappa shape index (κ1) is 13.8. The molecule has 0 atom stereocenters. The quantitative estimate of drug-likeness (QED) is 0.813. The van der Waals surface area contributed by atoms with Crippen molar-refractivity contribution in [2.45, 2.75) is 51.6 Å². The van der Waals surface area contributed by atoms with E-state index in [0.717, 1.165) is 25.7 Å². The standard InChI is InChI=1S/C14H26N2O2/c1-13(2)11-16(8-9-18-13)12(17)14(10-15)6-4-3-5-7-14/h3-11,15H2,1-2H3. The summed E-state index contributed by atoms with van der Waals surface area (Å²) in [5.41, 5.74) is 5.42. The average Bonchev–Trinajstić information content (AvgIpc) is 2.37. The van der Waals surface area contributed by atoms with Crippen molar-refractivity contribution in [1.29, 1.82) is 0 Å². The van der Waals surface area contributed by atoms with Crippen LogP contribution in [0, 0.1) is 5.41 Å². The molecule has 1 saturated heterocycles. The van der Waals surface area contributed by atoms with Gasteiger partial charge in [-0.1, -0.05) is 19.3 Å². The third kappa shape index (κ3) is 2.69. The van der Waals surface area contributed by atoms with Crippen LogP contribution in [0.15, 0.2) is 0 Å². The molecule has 0 radical (unpaired) electrons. The van der Waals surface area contributed by atoms with Gasteiger partial charge in [0.1, 0.15) is 0 Å². The minimum Gasteiger partial charge on any atom is -0.372 e. The van der Waals surface area contributed by atoms with Crippen molar-refractivity contribution in [3.8, 4) is 0 Å². The molecule has 2 rings (SSSR count). The van der Waals surface area contributed by atoms with Crippen LogP contribution in [0.1, 0.15) is 46.0 Å². The van der Waals surface area contributed by atoms with Gasteiger partial charge in [-0.3, -0.25) is 4.79 Å². The molecule has 18 heavy (non-hydrogen) atoms. The van der Waals surface area contributed by atoms with Crippen molar-refractivity contribution in [2.75, 3.05) is 26.2 Å². The molecule has 104 valence electrons. The molecule has 2 aliphatic rings. The Labute approximate surface area is 110 Å². The number of carbonyl (C=O) groups excluding carboxylic acids is 1. The lowest BCUT2D eigenvalue weighted by atomic mass is 9.73. The normalized spacial score (nSPS) is 26.9. The molecule has 2 N–H and O–H groups in total. The summed E-state index contributed by atoms with van der Waals surface area (Å²) < 4.78 is 5.67. The Morgan fingerprint density at radius 1 is 1.28 bits per heavy atom. The summed E-state index contributed by atoms with van der Waals surface area (Å²) in [6.45, 7) is 6.62. The summed E-state index contributed by atoms with van der Waals surface area (Å²) >= 11 is 0. The van der Waals surface area contributed by atoms with E-state index in [0.29, 0.717) is 26.2 Å². The minimum absolute atomic E-state index is 0.224. The second-order valence-electron chi connectivity index (χ2n) is 6.38. The number of nitrogens with two attached hydrogens (primary N) is 1. The van der Waals surface area contributed by atoms with Crippen molar-refractivity contribution in [2.24, 2.45) is 11.1 Å². The zero-order valence-electron chi connectivity index (χ0n) is 11.7. The van der Waals surface area contributed by atoms with Crippen molar-refractivity contribution >= 4 is 5.91 Å². The molecule has 0 aromatic carbocycles. The Morgan fingerprint density at radius 2 is 1.94 bits per heavy atom. The molecule has 1 aliphatic heterocycles. The van der Waals surface area contributed by atoms with Gasteiger partial charge in [-0.25, -0.2) is 0 Å². The fourth-order valence-corrected chi connectivity index (χ4v) is 3.26. The van der Waals surface area contributed by atoms with Crippen molar-refractivity contribution in [3.05, 3.63) is 0 Å². The fourth-order valence-electron chi connectivity index (χ4n) is 3.26. The smallest absolute Gasteiger partial charge is 0.230 e. The van der Waals surface area contributed by atoms with E-state index in [1.54, 1.807) is 0 Å². The Kier molecular flexibility index (Phi) is 3.97. The number of carbonyl (C=O) groups is 1. The van der Waals surface area contributed by atoms with Gasteiger partial charge in [-0.2, -0.15) is 0 Å². The molecule has 4 heteroatoms. The average molecular weight is 254 g/mol. The summed E-state index contributed by atoms with van der Waals surface area (Å²) in [6.07, 6.45) is 5.43. The number of rotatable bonds is 2. The van der Waals surface area contributed by atoms with Crippen LogP contribution in [0.4, 0.5) is 0 Å². The maximum atomic E-state index is 12.8. The molecular formula is C14H26N2O2. The van der Waals surface area contributed by atoms with Crippen LogP contribution in [-0.4, -0.2) is 42.6 Å². The highest BCUT2D eigenvalue weighted by atomic mass is 16.5. The van der Waals surface area contributed by atoms with Crippen LogP contribution >= 0.6 is 0 Å². The number of amides is 1. The van der Waals surface area contributed by atoms with E-state index >= 15 is 0 Å². The molecule has 0 aromatic heterocycles. The number of ether oxygens (including phenoxy) is 1. The Balaban J connectivity index is 2.09. The second kappa shape index (κ2) is 5.17. The van der Waals surface area contributed by atoms with Crippen molar-refractivity contribution in [1.82, 2.24) is 4.90 Å². The van der Waals surface area contributed by atoms with Crippen molar-refractivity contribution < 1.29 is 9.53 Å². The van der Waals surface area contributed by atoms with Gasteiger partial charge >= 0.3 is 0 Å². The van der Waals surface area contributed by atoms with Crippen LogP contribution in [0.3, 0.4) is 0 Å². The monoisotopic (exact) mass is 254 g/mol. The van der Waals surface area contributed by atoms with Crippen LogP contribution < -0.4 is 5.73 Å². The topological polar surface area (TPSA) is 55.6 Å². The first-order valence-corrected chi connectivity index (χ1v) is 7.13. The molecule has 2 fully saturated rings. The van der Waals surface area contributed by atoms with E-state index in [-0.39, 0.29) is 16.9 Å². The predicted octanol–water partition coefficient (Wildman–Crippen LogP) is 1.53. The SMILES string of the molecule is CC1(C)CN(C(=O)C2(CN)CCCCC2)CCO1.